The van der Waals surface area contributed by atoms with Gasteiger partial charge < -0.3 is 5.32 Å². The number of thioether (sulfide) groups is 1. The molecule has 0 fully saturated rings. The van der Waals surface area contributed by atoms with Gasteiger partial charge in [-0.25, -0.2) is 0 Å². The van der Waals surface area contributed by atoms with E-state index in [4.69, 9.17) is 0 Å². The van der Waals surface area contributed by atoms with E-state index in [1.165, 1.54) is 11.8 Å². The summed E-state index contributed by atoms with van der Waals surface area (Å²) in [7, 11) is 0. The van der Waals surface area contributed by atoms with Gasteiger partial charge >= 0.3 is 0 Å². The van der Waals surface area contributed by atoms with E-state index in [9.17, 15) is 4.79 Å². The van der Waals surface area contributed by atoms with Crippen LogP contribution in [0.5, 0.6) is 0 Å². The van der Waals surface area contributed by atoms with Gasteiger partial charge in [0.15, 0.2) is 0 Å². The number of amides is 1. The maximum atomic E-state index is 12.1. The highest BCUT2D eigenvalue weighted by atomic mass is 79.9. The Morgan fingerprint density at radius 2 is 1.79 bits per heavy atom. The van der Waals surface area contributed by atoms with Gasteiger partial charge in [0.1, 0.15) is 0 Å². The zero-order chi connectivity index (χ0) is 13.2. The zero-order valence-electron chi connectivity index (χ0n) is 9.89. The molecule has 0 unspecified atom stereocenters. The Bertz CT molecular complexity index is 681. The number of halogens is 1. The predicted molar refractivity (Wildman–Crippen MR) is 83.0 cm³/mol. The van der Waals surface area contributed by atoms with Crippen molar-refractivity contribution >= 4 is 45.4 Å². The highest BCUT2D eigenvalue weighted by molar-refractivity contribution is 9.10. The van der Waals surface area contributed by atoms with Crippen LogP contribution in [0.25, 0.3) is 6.08 Å². The number of carbonyl (C=O) groups is 1. The lowest BCUT2D eigenvalue weighted by atomic mass is 10.2. The molecule has 0 aromatic heterocycles. The number of para-hydroxylation sites is 1. The van der Waals surface area contributed by atoms with Crippen LogP contribution in [0.3, 0.4) is 0 Å². The summed E-state index contributed by atoms with van der Waals surface area (Å²) in [6.45, 7) is 0. The van der Waals surface area contributed by atoms with Crippen LogP contribution in [0.4, 0.5) is 5.69 Å². The first-order valence-corrected chi connectivity index (χ1v) is 7.39. The van der Waals surface area contributed by atoms with E-state index in [2.05, 4.69) is 21.2 Å². The molecular weight excluding hydrogens is 322 g/mol. The number of nitrogens with one attached hydrogen (secondary N) is 1. The maximum absolute atomic E-state index is 12.1. The molecule has 0 radical (unpaired) electrons. The van der Waals surface area contributed by atoms with Crippen LogP contribution in [0.1, 0.15) is 5.56 Å². The van der Waals surface area contributed by atoms with E-state index in [1.807, 2.05) is 54.6 Å². The molecule has 1 aliphatic rings. The summed E-state index contributed by atoms with van der Waals surface area (Å²) >= 11 is 4.99. The molecule has 1 amide bonds. The van der Waals surface area contributed by atoms with Crippen LogP contribution in [-0.4, -0.2) is 5.91 Å². The van der Waals surface area contributed by atoms with E-state index >= 15 is 0 Å². The van der Waals surface area contributed by atoms with Crippen molar-refractivity contribution in [2.45, 2.75) is 4.90 Å². The Morgan fingerprint density at radius 3 is 2.63 bits per heavy atom. The Morgan fingerprint density at radius 1 is 1.05 bits per heavy atom. The lowest BCUT2D eigenvalue weighted by Gasteiger charge is -2.18. The summed E-state index contributed by atoms with van der Waals surface area (Å²) in [5, 5.41) is 2.91. The molecule has 4 heteroatoms. The van der Waals surface area contributed by atoms with Gasteiger partial charge in [0.05, 0.1) is 10.6 Å². The minimum absolute atomic E-state index is 0.0561. The van der Waals surface area contributed by atoms with Crippen molar-refractivity contribution in [3.63, 3.8) is 0 Å². The largest absolute Gasteiger partial charge is 0.320 e. The second kappa shape index (κ2) is 5.23. The van der Waals surface area contributed by atoms with E-state index in [1.54, 1.807) is 0 Å². The van der Waals surface area contributed by atoms with E-state index < -0.39 is 0 Å². The molecule has 94 valence electrons. The van der Waals surface area contributed by atoms with Crippen molar-refractivity contribution in [3.8, 4) is 0 Å². The van der Waals surface area contributed by atoms with Gasteiger partial charge in [-0.3, -0.25) is 4.79 Å². The molecule has 1 heterocycles. The fraction of sp³-hybridized carbons (Fsp3) is 0. The number of fused-ring (bicyclic) bond motifs is 1. The van der Waals surface area contributed by atoms with Gasteiger partial charge in [-0.2, -0.15) is 0 Å². The fourth-order valence-corrected chi connectivity index (χ4v) is 3.18. The lowest BCUT2D eigenvalue weighted by molar-refractivity contribution is -0.112. The lowest BCUT2D eigenvalue weighted by Crippen LogP contribution is -2.17. The van der Waals surface area contributed by atoms with Crippen molar-refractivity contribution < 1.29 is 4.79 Å². The Labute approximate surface area is 124 Å². The Kier molecular flexibility index (Phi) is 3.44. The van der Waals surface area contributed by atoms with E-state index in [0.29, 0.717) is 4.91 Å². The quantitative estimate of drug-likeness (QED) is 0.777. The van der Waals surface area contributed by atoms with Crippen LogP contribution >= 0.6 is 27.7 Å². The molecule has 2 aromatic carbocycles. The average Bonchev–Trinajstić information content (AvgIpc) is 2.42. The first-order chi connectivity index (χ1) is 9.24. The van der Waals surface area contributed by atoms with Gasteiger partial charge in [0, 0.05) is 9.37 Å². The first kappa shape index (κ1) is 12.5. The number of carbonyl (C=O) groups excluding carboxylic acids is 1. The normalized spacial score (nSPS) is 16.1. The third-order valence-corrected chi connectivity index (χ3v) is 4.59. The Hall–Kier alpha value is -1.52. The van der Waals surface area contributed by atoms with Gasteiger partial charge in [0.2, 0.25) is 0 Å². The van der Waals surface area contributed by atoms with Crippen molar-refractivity contribution in [3.05, 3.63) is 63.5 Å². The SMILES string of the molecule is O=C1Nc2ccccc2SC1=Cc1ccccc1Br. The van der Waals surface area contributed by atoms with Crippen LogP contribution in [0, 0.1) is 0 Å². The second-order valence-corrected chi connectivity index (χ2v) is 6.02. The molecule has 0 saturated carbocycles. The molecule has 19 heavy (non-hydrogen) atoms. The Balaban J connectivity index is 1.99. The van der Waals surface area contributed by atoms with Crippen LogP contribution in [0.2, 0.25) is 0 Å². The number of benzene rings is 2. The molecule has 2 aromatic rings. The summed E-state index contributed by atoms with van der Waals surface area (Å²) < 4.78 is 0.981. The molecule has 0 aliphatic carbocycles. The standard InChI is InChI=1S/C15H10BrNOS/c16-11-6-2-1-5-10(11)9-14-15(18)17-12-7-3-4-8-13(12)19-14/h1-9H,(H,17,18). The predicted octanol–water partition coefficient (Wildman–Crippen LogP) is 4.53. The zero-order valence-corrected chi connectivity index (χ0v) is 12.3. The summed E-state index contributed by atoms with van der Waals surface area (Å²) in [5.74, 6) is -0.0561. The van der Waals surface area contributed by atoms with Crippen molar-refractivity contribution in [1.82, 2.24) is 0 Å². The van der Waals surface area contributed by atoms with Gasteiger partial charge in [-0.05, 0) is 29.8 Å². The maximum Gasteiger partial charge on any atom is 0.262 e. The number of anilines is 1. The third kappa shape index (κ3) is 2.60. The molecule has 1 aliphatic heterocycles. The number of rotatable bonds is 1. The summed E-state index contributed by atoms with van der Waals surface area (Å²) in [4.78, 5) is 13.8. The molecular formula is C15H10BrNOS. The highest BCUT2D eigenvalue weighted by Crippen LogP contribution is 2.38. The van der Waals surface area contributed by atoms with Gasteiger partial charge in [0.25, 0.3) is 5.91 Å². The van der Waals surface area contributed by atoms with Crippen molar-refractivity contribution in [2.75, 3.05) is 5.32 Å². The van der Waals surface area contributed by atoms with E-state index in [-0.39, 0.29) is 5.91 Å². The van der Waals surface area contributed by atoms with Gasteiger partial charge in [-0.15, -0.1) is 0 Å². The average molecular weight is 332 g/mol. The molecule has 1 N–H and O–H groups in total. The molecule has 0 saturated heterocycles. The van der Waals surface area contributed by atoms with Gasteiger partial charge in [-0.1, -0.05) is 58.0 Å². The summed E-state index contributed by atoms with van der Waals surface area (Å²) in [6, 6.07) is 15.7. The minimum Gasteiger partial charge on any atom is -0.320 e. The van der Waals surface area contributed by atoms with Crippen molar-refractivity contribution in [2.24, 2.45) is 0 Å². The second-order valence-electron chi connectivity index (χ2n) is 4.08. The van der Waals surface area contributed by atoms with Crippen LogP contribution < -0.4 is 5.32 Å². The van der Waals surface area contributed by atoms with Crippen molar-refractivity contribution in [1.29, 1.82) is 0 Å². The number of hydrogen-bond acceptors (Lipinski definition) is 2. The summed E-state index contributed by atoms with van der Waals surface area (Å²) in [6.07, 6.45) is 1.90. The first-order valence-electron chi connectivity index (χ1n) is 5.78. The van der Waals surface area contributed by atoms with E-state index in [0.717, 1.165) is 20.6 Å². The van der Waals surface area contributed by atoms with Crippen LogP contribution in [-0.2, 0) is 4.79 Å². The molecule has 3 rings (SSSR count). The smallest absolute Gasteiger partial charge is 0.262 e. The topological polar surface area (TPSA) is 29.1 Å². The molecule has 0 spiro atoms. The third-order valence-electron chi connectivity index (χ3n) is 2.77. The summed E-state index contributed by atoms with van der Waals surface area (Å²) in [5.41, 5.74) is 1.88. The monoisotopic (exact) mass is 331 g/mol. The molecule has 0 atom stereocenters. The molecule has 2 nitrogen and oxygen atoms in total. The fourth-order valence-electron chi connectivity index (χ4n) is 1.84. The number of hydrogen-bond donors (Lipinski definition) is 1. The highest BCUT2D eigenvalue weighted by Gasteiger charge is 2.20. The minimum atomic E-state index is -0.0561. The van der Waals surface area contributed by atoms with Crippen LogP contribution in [0.15, 0.2) is 62.8 Å². The molecule has 0 bridgehead atoms.